The first kappa shape index (κ1) is 9.97. The van der Waals surface area contributed by atoms with Gasteiger partial charge in [0.2, 0.25) is 0 Å². The van der Waals surface area contributed by atoms with E-state index in [9.17, 15) is 0 Å². The van der Waals surface area contributed by atoms with E-state index < -0.39 is 0 Å². The van der Waals surface area contributed by atoms with Crippen molar-refractivity contribution in [2.75, 3.05) is 18.1 Å². The summed E-state index contributed by atoms with van der Waals surface area (Å²) in [6, 6.07) is 0. The maximum atomic E-state index is 5.13. The maximum absolute atomic E-state index is 5.13. The van der Waals surface area contributed by atoms with Gasteiger partial charge in [-0.3, -0.25) is 0 Å². The van der Waals surface area contributed by atoms with Crippen molar-refractivity contribution in [3.8, 4) is 0 Å². The molecular weight excluding hydrogens is 168 g/mol. The number of ether oxygens (including phenoxy) is 1. The fourth-order valence-corrected chi connectivity index (χ4v) is 2.76. The van der Waals surface area contributed by atoms with E-state index in [1.807, 2.05) is 0 Å². The van der Waals surface area contributed by atoms with Gasteiger partial charge in [-0.25, -0.2) is 0 Å². The van der Waals surface area contributed by atoms with Crippen LogP contribution in [0.25, 0.3) is 0 Å². The normalized spacial score (nSPS) is 24.5. The molecule has 0 radical (unpaired) electrons. The van der Waals surface area contributed by atoms with Crippen LogP contribution in [0.15, 0.2) is 12.8 Å². The molecule has 0 saturated carbocycles. The Bertz CT molecular complexity index is 117. The first-order valence-electron chi connectivity index (χ1n) is 4.73. The zero-order chi connectivity index (χ0) is 8.65. The minimum atomic E-state index is 0.856. The second kappa shape index (κ2) is 6.41. The summed E-state index contributed by atoms with van der Waals surface area (Å²) in [5.41, 5.74) is 0. The van der Waals surface area contributed by atoms with Gasteiger partial charge < -0.3 is 4.74 Å². The largest absolute Gasteiger partial charge is 0.502 e. The predicted octanol–water partition coefficient (Wildman–Crippen LogP) is 3.07. The van der Waals surface area contributed by atoms with Crippen LogP contribution in [0, 0.1) is 5.92 Å². The van der Waals surface area contributed by atoms with Crippen molar-refractivity contribution in [3.05, 3.63) is 12.8 Å². The van der Waals surface area contributed by atoms with E-state index in [0.29, 0.717) is 0 Å². The second-order valence-electron chi connectivity index (χ2n) is 3.26. The van der Waals surface area contributed by atoms with Crippen molar-refractivity contribution in [1.82, 2.24) is 0 Å². The van der Waals surface area contributed by atoms with Gasteiger partial charge in [0.15, 0.2) is 0 Å². The molecular formula is C10H18OS. The van der Waals surface area contributed by atoms with Gasteiger partial charge >= 0.3 is 0 Å². The Kier molecular flexibility index (Phi) is 5.33. The molecule has 1 aliphatic rings. The molecule has 0 aromatic rings. The molecule has 1 nitrogen and oxygen atoms in total. The van der Waals surface area contributed by atoms with Gasteiger partial charge in [-0.1, -0.05) is 13.0 Å². The summed E-state index contributed by atoms with van der Waals surface area (Å²) in [5, 5.41) is 0. The average Bonchev–Trinajstić information content (AvgIpc) is 2.33. The third-order valence-electron chi connectivity index (χ3n) is 2.27. The molecule has 1 heterocycles. The van der Waals surface area contributed by atoms with E-state index in [4.69, 9.17) is 4.74 Å². The van der Waals surface area contributed by atoms with Gasteiger partial charge in [0.05, 0.1) is 12.9 Å². The molecule has 70 valence electrons. The van der Waals surface area contributed by atoms with Crippen LogP contribution in [0.2, 0.25) is 0 Å². The smallest absolute Gasteiger partial charge is 0.0875 e. The summed E-state index contributed by atoms with van der Waals surface area (Å²) in [7, 11) is 0. The molecule has 0 bridgehead atoms. The first-order valence-corrected chi connectivity index (χ1v) is 5.89. The molecule has 0 N–H and O–H groups in total. The van der Waals surface area contributed by atoms with Gasteiger partial charge in [-0.15, -0.1) is 0 Å². The molecule has 0 spiro atoms. The summed E-state index contributed by atoms with van der Waals surface area (Å²) in [6.45, 7) is 4.39. The second-order valence-corrected chi connectivity index (χ2v) is 4.41. The Morgan fingerprint density at radius 3 is 3.25 bits per heavy atom. The Labute approximate surface area is 79.6 Å². The van der Waals surface area contributed by atoms with Crippen LogP contribution in [0.1, 0.15) is 25.7 Å². The average molecular weight is 186 g/mol. The van der Waals surface area contributed by atoms with E-state index in [-0.39, 0.29) is 0 Å². The van der Waals surface area contributed by atoms with Crippen LogP contribution in [0.5, 0.6) is 0 Å². The summed E-state index contributed by atoms with van der Waals surface area (Å²) >= 11 is 2.10. The highest BCUT2D eigenvalue weighted by Crippen LogP contribution is 2.24. The van der Waals surface area contributed by atoms with E-state index >= 15 is 0 Å². The van der Waals surface area contributed by atoms with Crippen molar-refractivity contribution >= 4 is 11.8 Å². The fraction of sp³-hybridized carbons (Fsp3) is 0.800. The van der Waals surface area contributed by atoms with Crippen molar-refractivity contribution in [2.24, 2.45) is 5.92 Å². The topological polar surface area (TPSA) is 9.23 Å². The lowest BCUT2D eigenvalue weighted by Crippen LogP contribution is -2.05. The minimum absolute atomic E-state index is 0.856. The molecule has 0 aromatic heterocycles. The van der Waals surface area contributed by atoms with Crippen molar-refractivity contribution < 1.29 is 4.74 Å². The molecule has 1 rings (SSSR count). The third kappa shape index (κ3) is 4.05. The summed E-state index contributed by atoms with van der Waals surface area (Å²) in [5.74, 6) is 3.58. The highest BCUT2D eigenvalue weighted by molar-refractivity contribution is 7.99. The predicted molar refractivity (Wildman–Crippen MR) is 55.4 cm³/mol. The Morgan fingerprint density at radius 2 is 2.42 bits per heavy atom. The van der Waals surface area contributed by atoms with Crippen molar-refractivity contribution in [1.29, 1.82) is 0 Å². The fourth-order valence-electron chi connectivity index (χ4n) is 1.52. The van der Waals surface area contributed by atoms with E-state index in [1.54, 1.807) is 6.26 Å². The van der Waals surface area contributed by atoms with Crippen LogP contribution in [0.3, 0.4) is 0 Å². The molecule has 1 saturated heterocycles. The van der Waals surface area contributed by atoms with Gasteiger partial charge in [0, 0.05) is 0 Å². The van der Waals surface area contributed by atoms with Crippen molar-refractivity contribution in [3.63, 3.8) is 0 Å². The molecule has 0 aliphatic carbocycles. The highest BCUT2D eigenvalue weighted by atomic mass is 32.2. The zero-order valence-electron chi connectivity index (χ0n) is 7.63. The third-order valence-corrected chi connectivity index (χ3v) is 3.55. The lowest BCUT2D eigenvalue weighted by molar-refractivity contribution is 0.224. The summed E-state index contributed by atoms with van der Waals surface area (Å²) in [6.07, 6.45) is 6.96. The van der Waals surface area contributed by atoms with E-state index in [1.165, 1.54) is 37.2 Å². The quantitative estimate of drug-likeness (QED) is 0.493. The first-order chi connectivity index (χ1) is 5.93. The van der Waals surface area contributed by atoms with E-state index in [0.717, 1.165) is 12.5 Å². The van der Waals surface area contributed by atoms with E-state index in [2.05, 4.69) is 18.3 Å². The number of hydrogen-bond acceptors (Lipinski definition) is 2. The Morgan fingerprint density at radius 1 is 1.50 bits per heavy atom. The van der Waals surface area contributed by atoms with Gasteiger partial charge in [-0.05, 0) is 36.7 Å². The zero-order valence-corrected chi connectivity index (χ0v) is 8.44. The highest BCUT2D eigenvalue weighted by Gasteiger charge is 2.11. The van der Waals surface area contributed by atoms with Gasteiger partial charge in [0.25, 0.3) is 0 Å². The lowest BCUT2D eigenvalue weighted by atomic mass is 10.0. The molecule has 2 heteroatoms. The van der Waals surface area contributed by atoms with Crippen LogP contribution in [-0.4, -0.2) is 18.1 Å². The summed E-state index contributed by atoms with van der Waals surface area (Å²) in [4.78, 5) is 0. The SMILES string of the molecule is C=COCCC1CCCCSC1. The number of thioether (sulfide) groups is 1. The van der Waals surface area contributed by atoms with Crippen LogP contribution >= 0.6 is 11.8 Å². The minimum Gasteiger partial charge on any atom is -0.502 e. The molecule has 1 unspecified atom stereocenters. The molecule has 0 aromatic carbocycles. The number of hydrogen-bond donors (Lipinski definition) is 0. The van der Waals surface area contributed by atoms with Crippen molar-refractivity contribution in [2.45, 2.75) is 25.7 Å². The maximum Gasteiger partial charge on any atom is 0.0875 e. The van der Waals surface area contributed by atoms with Gasteiger partial charge in [-0.2, -0.15) is 11.8 Å². The molecule has 1 fully saturated rings. The summed E-state index contributed by atoms with van der Waals surface area (Å²) < 4.78 is 5.13. The molecule has 0 amide bonds. The lowest BCUT2D eigenvalue weighted by Gasteiger charge is -2.12. The van der Waals surface area contributed by atoms with Gasteiger partial charge in [0.1, 0.15) is 0 Å². The van der Waals surface area contributed by atoms with Crippen LogP contribution in [-0.2, 0) is 4.74 Å². The monoisotopic (exact) mass is 186 g/mol. The molecule has 1 aliphatic heterocycles. The number of rotatable bonds is 4. The molecule has 1 atom stereocenters. The standard InChI is InChI=1S/C10H18OS/c1-2-11-7-6-10-5-3-4-8-12-9-10/h2,10H,1,3-9H2. The Hall–Kier alpha value is -0.110. The molecule has 12 heavy (non-hydrogen) atoms. The Balaban J connectivity index is 2.07. The van der Waals surface area contributed by atoms with Crippen LogP contribution < -0.4 is 0 Å². The van der Waals surface area contributed by atoms with Crippen LogP contribution in [0.4, 0.5) is 0 Å².